The van der Waals surface area contributed by atoms with E-state index in [2.05, 4.69) is 6.92 Å². The highest BCUT2D eigenvalue weighted by Crippen LogP contribution is 2.21. The minimum atomic E-state index is -1.05. The van der Waals surface area contributed by atoms with Gasteiger partial charge in [-0.3, -0.25) is 9.59 Å². The van der Waals surface area contributed by atoms with E-state index < -0.39 is 11.9 Å². The van der Waals surface area contributed by atoms with Gasteiger partial charge in [0.25, 0.3) is 0 Å². The van der Waals surface area contributed by atoms with Gasteiger partial charge in [-0.1, -0.05) is 44.2 Å². The van der Waals surface area contributed by atoms with Crippen LogP contribution in [-0.2, 0) is 9.59 Å². The van der Waals surface area contributed by atoms with Crippen LogP contribution in [0.5, 0.6) is 0 Å². The van der Waals surface area contributed by atoms with Crippen LogP contribution < -0.4 is 0 Å². The first-order valence-corrected chi connectivity index (χ1v) is 7.84. The number of alkyl halides is 1. The summed E-state index contributed by atoms with van der Waals surface area (Å²) in [6.45, 7) is 2.14. The van der Waals surface area contributed by atoms with E-state index in [0.717, 1.165) is 25.7 Å². The molecule has 0 aromatic rings. The van der Waals surface area contributed by atoms with E-state index in [4.69, 9.17) is 11.6 Å². The second kappa shape index (κ2) is 9.35. The minimum Gasteiger partial charge on any atom is -0.481 e. The molecular weight excluding hydrogens is 278 g/mol. The summed E-state index contributed by atoms with van der Waals surface area (Å²) in [4.78, 5) is 23.3. The van der Waals surface area contributed by atoms with Crippen molar-refractivity contribution < 1.29 is 19.2 Å². The molecule has 0 spiro atoms. The van der Waals surface area contributed by atoms with Crippen LogP contribution in [0.4, 0.5) is 0 Å². The predicted octanol–water partition coefficient (Wildman–Crippen LogP) is 3.28. The molecule has 4 nitrogen and oxygen atoms in total. The lowest BCUT2D eigenvalue weighted by Crippen LogP contribution is -2.44. The van der Waals surface area contributed by atoms with Crippen molar-refractivity contribution in [1.29, 1.82) is 0 Å². The monoisotopic (exact) mass is 306 g/mol. The molecule has 1 N–H and O–H groups in total. The molecule has 0 bridgehead atoms. The maximum Gasteiger partial charge on any atom is 0.314 e. The van der Waals surface area contributed by atoms with Gasteiger partial charge in [-0.15, -0.1) is 0 Å². The van der Waals surface area contributed by atoms with Crippen molar-refractivity contribution in [3.63, 3.8) is 0 Å². The average Bonchev–Trinajstić information content (AvgIpc) is 2.33. The largest absolute Gasteiger partial charge is 0.481 e. The van der Waals surface area contributed by atoms with Gasteiger partial charge in [0.15, 0.2) is 5.50 Å². The summed E-state index contributed by atoms with van der Waals surface area (Å²) in [5.41, 5.74) is -0.375. The highest BCUT2D eigenvalue weighted by molar-refractivity contribution is 6.20. The lowest BCUT2D eigenvalue weighted by atomic mass is 9.95. The van der Waals surface area contributed by atoms with Gasteiger partial charge in [0.2, 0.25) is 0 Å². The molecule has 0 fully saturated rings. The lowest BCUT2D eigenvalue weighted by Gasteiger charge is -2.30. The minimum absolute atomic E-state index is 0.187. The first-order chi connectivity index (χ1) is 9.20. The van der Waals surface area contributed by atoms with Crippen LogP contribution in [0, 0.1) is 5.92 Å². The molecule has 0 saturated carbocycles. The SMILES string of the molecule is CCCCCCCC(=O)[C@H](C[C@H](Cl)[N+](C)(C)C)C(=O)O. The van der Waals surface area contributed by atoms with E-state index in [1.165, 1.54) is 6.42 Å². The summed E-state index contributed by atoms with van der Waals surface area (Å²) >= 11 is 6.20. The first-order valence-electron chi connectivity index (χ1n) is 7.40. The van der Waals surface area contributed by atoms with Crippen LogP contribution in [0.2, 0.25) is 0 Å². The summed E-state index contributed by atoms with van der Waals surface area (Å²) in [6, 6.07) is 0. The number of quaternary nitrogens is 1. The number of Topliss-reactive ketones (excluding diaryl/α,β-unsaturated/α-hetero) is 1. The van der Waals surface area contributed by atoms with Crippen molar-refractivity contribution >= 4 is 23.4 Å². The fourth-order valence-electron chi connectivity index (χ4n) is 1.96. The molecule has 2 atom stereocenters. The Balaban J connectivity index is 4.31. The Morgan fingerprint density at radius 2 is 1.65 bits per heavy atom. The van der Waals surface area contributed by atoms with Gasteiger partial charge in [0.1, 0.15) is 11.7 Å². The third-order valence-electron chi connectivity index (χ3n) is 3.48. The normalized spacial score (nSPS) is 14.8. The van der Waals surface area contributed by atoms with Crippen LogP contribution in [0.25, 0.3) is 0 Å². The Morgan fingerprint density at radius 1 is 1.10 bits per heavy atom. The Morgan fingerprint density at radius 3 is 2.10 bits per heavy atom. The number of carboxylic acids is 1. The Hall–Kier alpha value is -0.610. The van der Waals surface area contributed by atoms with Crippen LogP contribution in [0.15, 0.2) is 0 Å². The molecule has 20 heavy (non-hydrogen) atoms. The Kier molecular flexibility index (Phi) is 9.06. The summed E-state index contributed by atoms with van der Waals surface area (Å²) < 4.78 is 0.440. The average molecular weight is 307 g/mol. The van der Waals surface area contributed by atoms with E-state index in [1.54, 1.807) is 0 Å². The van der Waals surface area contributed by atoms with Gasteiger partial charge in [-0.2, -0.15) is 0 Å². The number of carboxylic acid groups (broad SMARTS) is 1. The number of carbonyl (C=O) groups is 2. The van der Waals surface area contributed by atoms with Crippen molar-refractivity contribution in [1.82, 2.24) is 0 Å². The standard InChI is InChI=1S/C15H28ClNO3/c1-5-6-7-8-9-10-13(18)12(15(19)20)11-14(16)17(2,3)4/h12,14H,5-11H2,1-4H3/p+1/t12-,14+/m0/s1. The zero-order valence-electron chi connectivity index (χ0n) is 13.2. The molecule has 0 radical (unpaired) electrons. The summed E-state index contributed by atoms with van der Waals surface area (Å²) in [5, 5.41) is 9.21. The second-order valence-corrected chi connectivity index (χ2v) is 6.81. The van der Waals surface area contributed by atoms with Crippen LogP contribution in [0.3, 0.4) is 0 Å². The van der Waals surface area contributed by atoms with E-state index in [9.17, 15) is 14.7 Å². The summed E-state index contributed by atoms with van der Waals surface area (Å²) in [6.07, 6.45) is 5.74. The lowest BCUT2D eigenvalue weighted by molar-refractivity contribution is -0.883. The molecule has 5 heteroatoms. The number of halogens is 1. The van der Waals surface area contributed by atoms with Crippen LogP contribution in [-0.4, -0.2) is 48.0 Å². The zero-order valence-corrected chi connectivity index (χ0v) is 13.9. The van der Waals surface area contributed by atoms with Gasteiger partial charge < -0.3 is 9.59 Å². The summed E-state index contributed by atoms with van der Waals surface area (Å²) in [5.74, 6) is -2.21. The number of hydrogen-bond donors (Lipinski definition) is 1. The molecule has 0 unspecified atom stereocenters. The van der Waals surface area contributed by atoms with Gasteiger partial charge in [0, 0.05) is 12.8 Å². The first kappa shape index (κ1) is 19.4. The van der Waals surface area contributed by atoms with Gasteiger partial charge in [0.05, 0.1) is 21.1 Å². The smallest absolute Gasteiger partial charge is 0.314 e. The number of aliphatic carboxylic acids is 1. The number of unbranched alkanes of at least 4 members (excludes halogenated alkanes) is 4. The fourth-order valence-corrected chi connectivity index (χ4v) is 2.14. The van der Waals surface area contributed by atoms with E-state index in [1.807, 2.05) is 21.1 Å². The van der Waals surface area contributed by atoms with E-state index in [-0.39, 0.29) is 17.7 Å². The van der Waals surface area contributed by atoms with Crippen molar-refractivity contribution in [2.24, 2.45) is 5.92 Å². The second-order valence-electron chi connectivity index (χ2n) is 6.31. The van der Waals surface area contributed by atoms with Gasteiger partial charge in [-0.05, 0) is 6.42 Å². The number of nitrogens with zero attached hydrogens (tertiary/aromatic N) is 1. The number of hydrogen-bond acceptors (Lipinski definition) is 2. The van der Waals surface area contributed by atoms with Crippen LogP contribution in [0.1, 0.15) is 51.9 Å². The molecule has 0 aliphatic carbocycles. The van der Waals surface area contributed by atoms with E-state index >= 15 is 0 Å². The highest BCUT2D eigenvalue weighted by atomic mass is 35.5. The van der Waals surface area contributed by atoms with Crippen molar-refractivity contribution in [2.45, 2.75) is 57.4 Å². The third kappa shape index (κ3) is 7.85. The van der Waals surface area contributed by atoms with Gasteiger partial charge >= 0.3 is 5.97 Å². The number of ketones is 1. The van der Waals surface area contributed by atoms with Gasteiger partial charge in [-0.25, -0.2) is 0 Å². The molecule has 0 rings (SSSR count). The fraction of sp³-hybridized carbons (Fsp3) is 0.867. The highest BCUT2D eigenvalue weighted by Gasteiger charge is 2.33. The van der Waals surface area contributed by atoms with Crippen LogP contribution >= 0.6 is 11.6 Å². The molecular formula is C15H29ClNO3+. The van der Waals surface area contributed by atoms with Crippen molar-refractivity contribution in [2.75, 3.05) is 21.1 Å². The van der Waals surface area contributed by atoms with Crippen molar-refractivity contribution in [3.05, 3.63) is 0 Å². The molecule has 0 aliphatic heterocycles. The maximum atomic E-state index is 12.0. The Bertz CT molecular complexity index is 313. The Labute approximate surface area is 127 Å². The predicted molar refractivity (Wildman–Crippen MR) is 81.8 cm³/mol. The molecule has 0 aromatic carbocycles. The van der Waals surface area contributed by atoms with Crippen molar-refractivity contribution in [3.8, 4) is 0 Å². The quantitative estimate of drug-likeness (QED) is 0.209. The topological polar surface area (TPSA) is 54.4 Å². The third-order valence-corrected chi connectivity index (χ3v) is 4.25. The molecule has 0 aromatic heterocycles. The summed E-state index contributed by atoms with van der Waals surface area (Å²) in [7, 11) is 5.68. The molecule has 118 valence electrons. The van der Waals surface area contributed by atoms with E-state index in [0.29, 0.717) is 10.9 Å². The number of carbonyl (C=O) groups excluding carboxylic acids is 1. The number of rotatable bonds is 11. The maximum absolute atomic E-state index is 12.0. The molecule has 0 heterocycles. The molecule has 0 saturated heterocycles. The molecule has 0 amide bonds. The zero-order chi connectivity index (χ0) is 15.8. The molecule has 0 aliphatic rings.